The van der Waals surface area contributed by atoms with Crippen LogP contribution in [0.2, 0.25) is 0 Å². The first-order valence-corrected chi connectivity index (χ1v) is 7.25. The molecule has 0 saturated carbocycles. The molecule has 5 heteroatoms. The molecule has 0 aliphatic heterocycles. The lowest BCUT2D eigenvalue weighted by Gasteiger charge is -2.20. The number of nitriles is 1. The van der Waals surface area contributed by atoms with E-state index < -0.39 is 11.9 Å². The molecule has 1 aromatic rings. The van der Waals surface area contributed by atoms with Crippen LogP contribution in [0, 0.1) is 17.2 Å². The van der Waals surface area contributed by atoms with Crippen molar-refractivity contribution in [1.82, 2.24) is 5.32 Å². The van der Waals surface area contributed by atoms with Crippen molar-refractivity contribution < 1.29 is 9.59 Å². The Hall–Kier alpha value is -2.35. The summed E-state index contributed by atoms with van der Waals surface area (Å²) in [5, 5.41) is 11.4. The molecule has 2 atom stereocenters. The smallest absolute Gasteiger partial charge is 0.251 e. The van der Waals surface area contributed by atoms with Gasteiger partial charge in [-0.15, -0.1) is 0 Å². The maximum atomic E-state index is 12.2. The summed E-state index contributed by atoms with van der Waals surface area (Å²) in [7, 11) is 0. The number of nitrogens with zero attached hydrogens (tertiary/aromatic N) is 1. The van der Waals surface area contributed by atoms with Crippen LogP contribution in [0.3, 0.4) is 0 Å². The van der Waals surface area contributed by atoms with Crippen LogP contribution in [-0.4, -0.2) is 17.9 Å². The standard InChI is InChI=1S/C17H23N3O2/c1-11(10-18)9-14(15(19)21)20-16(22)12-5-7-13(8-6-12)17(2,3)4/h5-8,11,14H,9H2,1-4H3,(H2,19,21)(H,20,22)/t11-,14-/m1/s1. The van der Waals surface area contributed by atoms with Gasteiger partial charge >= 0.3 is 0 Å². The molecular weight excluding hydrogens is 278 g/mol. The number of hydrogen-bond acceptors (Lipinski definition) is 3. The third-order valence-corrected chi connectivity index (χ3v) is 3.47. The lowest BCUT2D eigenvalue weighted by molar-refractivity contribution is -0.120. The Bertz CT molecular complexity index is 579. The molecule has 0 unspecified atom stereocenters. The van der Waals surface area contributed by atoms with Gasteiger partial charge in [-0.3, -0.25) is 9.59 Å². The van der Waals surface area contributed by atoms with Gasteiger partial charge in [0.25, 0.3) is 5.91 Å². The van der Waals surface area contributed by atoms with Crippen LogP contribution in [0.1, 0.15) is 50.0 Å². The van der Waals surface area contributed by atoms with Crippen molar-refractivity contribution in [2.45, 2.75) is 45.6 Å². The number of carbonyl (C=O) groups is 2. The molecule has 2 amide bonds. The molecule has 0 bridgehead atoms. The molecule has 3 N–H and O–H groups in total. The Morgan fingerprint density at radius 2 is 1.82 bits per heavy atom. The van der Waals surface area contributed by atoms with Gasteiger partial charge in [-0.1, -0.05) is 32.9 Å². The topological polar surface area (TPSA) is 96.0 Å². The zero-order chi connectivity index (χ0) is 16.9. The lowest BCUT2D eigenvalue weighted by atomic mass is 9.86. The maximum absolute atomic E-state index is 12.2. The minimum Gasteiger partial charge on any atom is -0.368 e. The van der Waals surface area contributed by atoms with E-state index in [4.69, 9.17) is 11.0 Å². The van der Waals surface area contributed by atoms with Crippen LogP contribution in [0.15, 0.2) is 24.3 Å². The number of carbonyl (C=O) groups excluding carboxylic acids is 2. The number of nitrogens with two attached hydrogens (primary N) is 1. The molecule has 1 aromatic carbocycles. The SMILES string of the molecule is C[C@@H](C#N)C[C@@H](NC(=O)c1ccc(C(C)(C)C)cc1)C(N)=O. The molecule has 118 valence electrons. The van der Waals surface area contributed by atoms with E-state index in [9.17, 15) is 9.59 Å². The van der Waals surface area contributed by atoms with Gasteiger partial charge in [0.05, 0.1) is 6.07 Å². The van der Waals surface area contributed by atoms with Crippen LogP contribution < -0.4 is 11.1 Å². The Kier molecular flexibility index (Phi) is 5.69. The third-order valence-electron chi connectivity index (χ3n) is 3.47. The van der Waals surface area contributed by atoms with Gasteiger partial charge in [0.1, 0.15) is 6.04 Å². The summed E-state index contributed by atoms with van der Waals surface area (Å²) in [5.41, 5.74) is 6.87. The Labute approximate surface area is 131 Å². The highest BCUT2D eigenvalue weighted by molar-refractivity contribution is 5.97. The zero-order valence-electron chi connectivity index (χ0n) is 13.5. The Balaban J connectivity index is 2.82. The van der Waals surface area contributed by atoms with E-state index >= 15 is 0 Å². The van der Waals surface area contributed by atoms with Crippen LogP contribution in [-0.2, 0) is 10.2 Å². The van der Waals surface area contributed by atoms with Crippen molar-refractivity contribution in [1.29, 1.82) is 5.26 Å². The first-order chi connectivity index (χ1) is 10.1. The maximum Gasteiger partial charge on any atom is 0.251 e. The molecule has 0 aliphatic rings. The lowest BCUT2D eigenvalue weighted by Crippen LogP contribution is -2.45. The van der Waals surface area contributed by atoms with Gasteiger partial charge in [-0.2, -0.15) is 5.26 Å². The number of nitrogens with one attached hydrogen (secondary N) is 1. The second-order valence-electron chi connectivity index (χ2n) is 6.52. The predicted molar refractivity (Wildman–Crippen MR) is 85.0 cm³/mol. The van der Waals surface area contributed by atoms with Crippen LogP contribution in [0.5, 0.6) is 0 Å². The fraction of sp³-hybridized carbons (Fsp3) is 0.471. The highest BCUT2D eigenvalue weighted by Gasteiger charge is 2.22. The van der Waals surface area contributed by atoms with Gasteiger partial charge < -0.3 is 11.1 Å². The van der Waals surface area contributed by atoms with E-state index in [1.54, 1.807) is 19.1 Å². The minimum atomic E-state index is -0.843. The van der Waals surface area contributed by atoms with E-state index in [2.05, 4.69) is 26.1 Å². The fourth-order valence-electron chi connectivity index (χ4n) is 2.02. The molecule has 0 aliphatic carbocycles. The molecule has 1 rings (SSSR count). The number of hydrogen-bond donors (Lipinski definition) is 2. The van der Waals surface area contributed by atoms with Crippen LogP contribution in [0.4, 0.5) is 0 Å². The van der Waals surface area contributed by atoms with Crippen molar-refractivity contribution >= 4 is 11.8 Å². The molecule has 0 spiro atoms. The average Bonchev–Trinajstić information content (AvgIpc) is 2.45. The summed E-state index contributed by atoms with van der Waals surface area (Å²) in [6.07, 6.45) is 0.206. The molecular formula is C17H23N3O2. The number of primary amides is 1. The highest BCUT2D eigenvalue weighted by atomic mass is 16.2. The van der Waals surface area contributed by atoms with Crippen molar-refractivity contribution in [3.8, 4) is 6.07 Å². The molecule has 22 heavy (non-hydrogen) atoms. The van der Waals surface area contributed by atoms with E-state index in [0.29, 0.717) is 5.56 Å². The van der Waals surface area contributed by atoms with Crippen molar-refractivity contribution in [3.63, 3.8) is 0 Å². The normalized spacial score (nSPS) is 13.8. The quantitative estimate of drug-likeness (QED) is 0.871. The van der Waals surface area contributed by atoms with E-state index in [0.717, 1.165) is 5.56 Å². The Morgan fingerprint density at radius 3 is 2.23 bits per heavy atom. The van der Waals surface area contributed by atoms with Gasteiger partial charge in [-0.05, 0) is 36.5 Å². The van der Waals surface area contributed by atoms with E-state index in [1.807, 2.05) is 18.2 Å². The van der Waals surface area contributed by atoms with Crippen LogP contribution in [0.25, 0.3) is 0 Å². The average molecular weight is 301 g/mol. The Morgan fingerprint density at radius 1 is 1.27 bits per heavy atom. The largest absolute Gasteiger partial charge is 0.368 e. The molecule has 0 heterocycles. The van der Waals surface area contributed by atoms with Gasteiger partial charge in [0, 0.05) is 11.5 Å². The molecule has 0 radical (unpaired) electrons. The molecule has 0 fully saturated rings. The summed E-state index contributed by atoms with van der Waals surface area (Å²) in [4.78, 5) is 23.6. The predicted octanol–water partition coefficient (Wildman–Crippen LogP) is 2.12. The summed E-state index contributed by atoms with van der Waals surface area (Å²) in [5.74, 6) is -1.36. The van der Waals surface area contributed by atoms with Gasteiger partial charge in [0.2, 0.25) is 5.91 Å². The van der Waals surface area contributed by atoms with Crippen molar-refractivity contribution in [2.24, 2.45) is 11.7 Å². The highest BCUT2D eigenvalue weighted by Crippen LogP contribution is 2.22. The van der Waals surface area contributed by atoms with Crippen molar-refractivity contribution in [2.75, 3.05) is 0 Å². The first-order valence-electron chi connectivity index (χ1n) is 7.25. The van der Waals surface area contributed by atoms with E-state index in [1.165, 1.54) is 0 Å². The molecule has 5 nitrogen and oxygen atoms in total. The molecule has 0 aromatic heterocycles. The number of rotatable bonds is 5. The van der Waals surface area contributed by atoms with E-state index in [-0.39, 0.29) is 23.7 Å². The summed E-state index contributed by atoms with van der Waals surface area (Å²) in [6, 6.07) is 8.42. The number of amides is 2. The van der Waals surface area contributed by atoms with Crippen molar-refractivity contribution in [3.05, 3.63) is 35.4 Å². The van der Waals surface area contributed by atoms with Gasteiger partial charge in [-0.25, -0.2) is 0 Å². The zero-order valence-corrected chi connectivity index (χ0v) is 13.5. The summed E-state index contributed by atoms with van der Waals surface area (Å²) >= 11 is 0. The van der Waals surface area contributed by atoms with Gasteiger partial charge in [0.15, 0.2) is 0 Å². The van der Waals surface area contributed by atoms with Crippen LogP contribution >= 0.6 is 0 Å². The fourth-order valence-corrected chi connectivity index (χ4v) is 2.02. The second kappa shape index (κ2) is 7.08. The third kappa shape index (κ3) is 4.88. The second-order valence-corrected chi connectivity index (χ2v) is 6.52. The number of benzene rings is 1. The summed E-state index contributed by atoms with van der Waals surface area (Å²) in [6.45, 7) is 7.96. The minimum absolute atomic E-state index is 0.00694. The molecule has 0 saturated heterocycles. The summed E-state index contributed by atoms with van der Waals surface area (Å²) < 4.78 is 0. The monoisotopic (exact) mass is 301 g/mol. The first kappa shape index (κ1) is 17.7.